The second kappa shape index (κ2) is 5.84. The summed E-state index contributed by atoms with van der Waals surface area (Å²) in [7, 11) is 0. The van der Waals surface area contributed by atoms with Gasteiger partial charge in [0.2, 0.25) is 0 Å². The van der Waals surface area contributed by atoms with Gasteiger partial charge in [-0.15, -0.1) is 16.4 Å². The zero-order chi connectivity index (χ0) is 15.7. The molecule has 1 N–H and O–H groups in total. The molecule has 0 unspecified atom stereocenters. The Balaban J connectivity index is 1.73. The molecule has 0 bridgehead atoms. The van der Waals surface area contributed by atoms with Crippen LogP contribution in [0, 0.1) is 6.92 Å². The van der Waals surface area contributed by atoms with Crippen molar-refractivity contribution < 1.29 is 9.59 Å². The molecular formula is C13H16N6O2S. The van der Waals surface area contributed by atoms with Crippen molar-refractivity contribution in [2.24, 2.45) is 0 Å². The monoisotopic (exact) mass is 320 g/mol. The molecule has 0 aliphatic carbocycles. The van der Waals surface area contributed by atoms with Crippen LogP contribution in [0.25, 0.3) is 0 Å². The molecule has 3 heterocycles. The first-order valence-corrected chi connectivity index (χ1v) is 7.90. The van der Waals surface area contributed by atoms with Crippen LogP contribution in [0.15, 0.2) is 5.38 Å². The van der Waals surface area contributed by atoms with E-state index in [0.29, 0.717) is 36.7 Å². The van der Waals surface area contributed by atoms with Gasteiger partial charge in [-0.2, -0.15) is 0 Å². The lowest BCUT2D eigenvalue weighted by Crippen LogP contribution is -2.41. The standard InChI is InChI=1S/C13H16N6O2S/c1-3-18-4-5-19-11(13(18)21)9(16-17-19)6-14-12(20)10-7-22-8(2)15-10/h7H,3-6H2,1-2H3,(H,14,20). The molecule has 0 aromatic carbocycles. The number of aromatic nitrogens is 4. The summed E-state index contributed by atoms with van der Waals surface area (Å²) in [5.41, 5.74) is 1.33. The third-order valence-corrected chi connectivity index (χ3v) is 4.30. The Labute approximate surface area is 131 Å². The number of carbonyl (C=O) groups excluding carboxylic acids is 2. The molecule has 116 valence electrons. The molecule has 0 saturated heterocycles. The lowest BCUT2D eigenvalue weighted by Gasteiger charge is -2.26. The van der Waals surface area contributed by atoms with Gasteiger partial charge >= 0.3 is 0 Å². The molecule has 0 saturated carbocycles. The zero-order valence-electron chi connectivity index (χ0n) is 12.4. The van der Waals surface area contributed by atoms with Gasteiger partial charge in [0.05, 0.1) is 18.1 Å². The van der Waals surface area contributed by atoms with Gasteiger partial charge in [0, 0.05) is 18.5 Å². The highest BCUT2D eigenvalue weighted by Crippen LogP contribution is 2.15. The van der Waals surface area contributed by atoms with E-state index in [4.69, 9.17) is 0 Å². The van der Waals surface area contributed by atoms with E-state index in [1.165, 1.54) is 11.3 Å². The summed E-state index contributed by atoms with van der Waals surface area (Å²) in [6.07, 6.45) is 0. The molecular weight excluding hydrogens is 304 g/mol. The van der Waals surface area contributed by atoms with E-state index in [1.807, 2.05) is 13.8 Å². The predicted octanol–water partition coefficient (Wildman–Crippen LogP) is 0.449. The van der Waals surface area contributed by atoms with Crippen molar-refractivity contribution in [2.45, 2.75) is 26.9 Å². The van der Waals surface area contributed by atoms with Crippen LogP contribution in [0.1, 0.15) is 38.6 Å². The largest absolute Gasteiger partial charge is 0.345 e. The van der Waals surface area contributed by atoms with Crippen molar-refractivity contribution in [3.63, 3.8) is 0 Å². The average Bonchev–Trinajstić information content (AvgIpc) is 3.12. The van der Waals surface area contributed by atoms with E-state index in [1.54, 1.807) is 15.0 Å². The Bertz CT molecular complexity index is 722. The van der Waals surface area contributed by atoms with Gasteiger partial charge < -0.3 is 10.2 Å². The number of aryl methyl sites for hydroxylation is 1. The number of hydrogen-bond donors (Lipinski definition) is 1. The van der Waals surface area contributed by atoms with Crippen LogP contribution >= 0.6 is 11.3 Å². The molecule has 0 fully saturated rings. The molecule has 0 spiro atoms. The Hall–Kier alpha value is -2.29. The van der Waals surface area contributed by atoms with Crippen molar-refractivity contribution in [1.82, 2.24) is 30.2 Å². The summed E-state index contributed by atoms with van der Waals surface area (Å²) < 4.78 is 1.60. The number of nitrogens with one attached hydrogen (secondary N) is 1. The number of likely N-dealkylation sites (N-methyl/N-ethyl adjacent to an activating group) is 1. The summed E-state index contributed by atoms with van der Waals surface area (Å²) >= 11 is 1.42. The van der Waals surface area contributed by atoms with E-state index in [2.05, 4.69) is 20.6 Å². The molecule has 9 heteroatoms. The molecule has 2 aromatic rings. The average molecular weight is 320 g/mol. The van der Waals surface area contributed by atoms with Crippen LogP contribution in [0.5, 0.6) is 0 Å². The maximum atomic E-state index is 12.3. The van der Waals surface area contributed by atoms with Crippen molar-refractivity contribution >= 4 is 23.2 Å². The molecule has 0 radical (unpaired) electrons. The fourth-order valence-electron chi connectivity index (χ4n) is 2.35. The topological polar surface area (TPSA) is 93.0 Å². The fraction of sp³-hybridized carbons (Fsp3) is 0.462. The van der Waals surface area contributed by atoms with E-state index in [-0.39, 0.29) is 18.4 Å². The highest BCUT2D eigenvalue weighted by atomic mass is 32.1. The van der Waals surface area contributed by atoms with E-state index < -0.39 is 0 Å². The lowest BCUT2D eigenvalue weighted by atomic mass is 10.2. The van der Waals surface area contributed by atoms with E-state index >= 15 is 0 Å². The summed E-state index contributed by atoms with van der Waals surface area (Å²) in [4.78, 5) is 30.2. The highest BCUT2D eigenvalue weighted by molar-refractivity contribution is 7.09. The van der Waals surface area contributed by atoms with Gasteiger partial charge in [-0.25, -0.2) is 9.67 Å². The Morgan fingerprint density at radius 2 is 2.27 bits per heavy atom. The Morgan fingerprint density at radius 1 is 1.45 bits per heavy atom. The number of fused-ring (bicyclic) bond motifs is 1. The number of thiazole rings is 1. The van der Waals surface area contributed by atoms with Crippen molar-refractivity contribution in [1.29, 1.82) is 0 Å². The van der Waals surface area contributed by atoms with Crippen molar-refractivity contribution in [3.05, 3.63) is 27.5 Å². The van der Waals surface area contributed by atoms with Crippen molar-refractivity contribution in [2.75, 3.05) is 13.1 Å². The number of hydrogen-bond acceptors (Lipinski definition) is 6. The SMILES string of the molecule is CCN1CCn2nnc(CNC(=O)c3csc(C)n3)c2C1=O. The Kier molecular flexibility index (Phi) is 3.88. The normalized spacial score (nSPS) is 14.1. The first kappa shape index (κ1) is 14.6. The summed E-state index contributed by atoms with van der Waals surface area (Å²) in [5.74, 6) is -0.366. The van der Waals surface area contributed by atoms with E-state index in [0.717, 1.165) is 5.01 Å². The molecule has 1 aliphatic heterocycles. The van der Waals surface area contributed by atoms with Gasteiger partial charge in [0.1, 0.15) is 11.4 Å². The van der Waals surface area contributed by atoms with Crippen LogP contribution in [0.4, 0.5) is 0 Å². The predicted molar refractivity (Wildman–Crippen MR) is 79.6 cm³/mol. The third-order valence-electron chi connectivity index (χ3n) is 3.53. The zero-order valence-corrected chi connectivity index (χ0v) is 13.2. The maximum Gasteiger partial charge on any atom is 0.274 e. The second-order valence-corrected chi connectivity index (χ2v) is 5.99. The summed E-state index contributed by atoms with van der Waals surface area (Å²) in [5, 5.41) is 13.3. The summed E-state index contributed by atoms with van der Waals surface area (Å²) in [6.45, 7) is 5.84. The van der Waals surface area contributed by atoms with E-state index in [9.17, 15) is 9.59 Å². The smallest absolute Gasteiger partial charge is 0.274 e. The van der Waals surface area contributed by atoms with Crippen LogP contribution in [0.3, 0.4) is 0 Å². The minimum atomic E-state index is -0.276. The fourth-order valence-corrected chi connectivity index (χ4v) is 2.94. The minimum Gasteiger partial charge on any atom is -0.345 e. The molecule has 2 amide bonds. The Morgan fingerprint density at radius 3 is 2.95 bits per heavy atom. The first-order chi connectivity index (χ1) is 10.6. The minimum absolute atomic E-state index is 0.0903. The second-order valence-electron chi connectivity index (χ2n) is 4.93. The van der Waals surface area contributed by atoms with Gasteiger partial charge in [0.15, 0.2) is 5.69 Å². The number of amides is 2. The van der Waals surface area contributed by atoms with Crippen molar-refractivity contribution in [3.8, 4) is 0 Å². The highest BCUT2D eigenvalue weighted by Gasteiger charge is 2.28. The van der Waals surface area contributed by atoms with Gasteiger partial charge in [-0.05, 0) is 13.8 Å². The van der Waals surface area contributed by atoms with Crippen LogP contribution < -0.4 is 5.32 Å². The molecule has 22 heavy (non-hydrogen) atoms. The van der Waals surface area contributed by atoms with Gasteiger partial charge in [-0.3, -0.25) is 9.59 Å². The molecule has 0 atom stereocenters. The quantitative estimate of drug-likeness (QED) is 0.883. The van der Waals surface area contributed by atoms with Crippen LogP contribution in [0.2, 0.25) is 0 Å². The molecule has 1 aliphatic rings. The van der Waals surface area contributed by atoms with Gasteiger partial charge in [-0.1, -0.05) is 5.21 Å². The summed E-state index contributed by atoms with van der Waals surface area (Å²) in [6, 6.07) is 0. The molecule has 8 nitrogen and oxygen atoms in total. The number of rotatable bonds is 4. The number of carbonyl (C=O) groups is 2. The molecule has 2 aromatic heterocycles. The number of nitrogens with zero attached hydrogens (tertiary/aromatic N) is 5. The van der Waals surface area contributed by atoms with Gasteiger partial charge in [0.25, 0.3) is 11.8 Å². The maximum absolute atomic E-state index is 12.3. The lowest BCUT2D eigenvalue weighted by molar-refractivity contribution is 0.0705. The molecule has 3 rings (SSSR count). The van der Waals surface area contributed by atoms with Crippen LogP contribution in [-0.4, -0.2) is 49.8 Å². The van der Waals surface area contributed by atoms with Crippen LogP contribution in [-0.2, 0) is 13.1 Å². The third kappa shape index (κ3) is 2.59. The first-order valence-electron chi connectivity index (χ1n) is 7.02.